The Kier molecular flexibility index (Phi) is 6.70. The van der Waals surface area contributed by atoms with Gasteiger partial charge in [-0.3, -0.25) is 4.90 Å². The van der Waals surface area contributed by atoms with Crippen molar-refractivity contribution in [1.29, 1.82) is 0 Å². The second-order valence-corrected chi connectivity index (χ2v) is 10.0. The molecule has 1 aliphatic heterocycles. The van der Waals surface area contributed by atoms with E-state index in [1.807, 2.05) is 36.9 Å². The number of aliphatic hydroxyl groups excluding tert-OH is 1. The second kappa shape index (κ2) is 8.86. The van der Waals surface area contributed by atoms with Crippen LogP contribution in [-0.4, -0.2) is 55.2 Å². The molecule has 3 rings (SSSR count). The van der Waals surface area contributed by atoms with Crippen LogP contribution in [0.1, 0.15) is 23.5 Å². The summed E-state index contributed by atoms with van der Waals surface area (Å²) in [5.41, 5.74) is 0.902. The summed E-state index contributed by atoms with van der Waals surface area (Å²) in [7, 11) is -3.03. The SMILES string of the molecule is Cc1ccc(CN(CC(O)COc2ccc(Cl)c(C)c2)C2CCS(=O)(=O)C2)o1. The minimum atomic E-state index is -3.03. The van der Waals surface area contributed by atoms with Gasteiger partial charge in [-0.15, -0.1) is 0 Å². The fourth-order valence-corrected chi connectivity index (χ4v) is 5.28. The van der Waals surface area contributed by atoms with Gasteiger partial charge in [0.25, 0.3) is 0 Å². The molecule has 0 radical (unpaired) electrons. The highest BCUT2D eigenvalue weighted by Crippen LogP contribution is 2.23. The lowest BCUT2D eigenvalue weighted by Gasteiger charge is -2.29. The smallest absolute Gasteiger partial charge is 0.151 e. The van der Waals surface area contributed by atoms with Gasteiger partial charge in [0.1, 0.15) is 30.0 Å². The molecule has 1 saturated heterocycles. The Morgan fingerprint density at radius 3 is 2.71 bits per heavy atom. The number of aryl methyl sites for hydroxylation is 2. The number of hydrogen-bond donors (Lipinski definition) is 1. The summed E-state index contributed by atoms with van der Waals surface area (Å²) in [4.78, 5) is 1.98. The molecule has 2 atom stereocenters. The van der Waals surface area contributed by atoms with Crippen LogP contribution in [0.25, 0.3) is 0 Å². The molecule has 0 saturated carbocycles. The maximum Gasteiger partial charge on any atom is 0.151 e. The topological polar surface area (TPSA) is 80.0 Å². The molecule has 0 aliphatic carbocycles. The molecule has 2 aromatic rings. The zero-order valence-electron chi connectivity index (χ0n) is 16.1. The lowest BCUT2D eigenvalue weighted by molar-refractivity contribution is 0.0496. The number of benzene rings is 1. The Morgan fingerprint density at radius 2 is 2.11 bits per heavy atom. The van der Waals surface area contributed by atoms with E-state index in [-0.39, 0.29) is 24.2 Å². The van der Waals surface area contributed by atoms with Crippen LogP contribution < -0.4 is 4.74 Å². The standard InChI is InChI=1S/C20H26ClNO5S/c1-14-9-18(5-6-20(14)21)26-12-17(23)10-22(11-19-4-3-15(2)27-19)16-7-8-28(24,25)13-16/h3-6,9,16-17,23H,7-8,10-13H2,1-2H3. The molecule has 0 spiro atoms. The zero-order valence-corrected chi connectivity index (χ0v) is 17.7. The number of rotatable bonds is 8. The highest BCUT2D eigenvalue weighted by atomic mass is 35.5. The van der Waals surface area contributed by atoms with Crippen molar-refractivity contribution in [3.8, 4) is 5.75 Å². The van der Waals surface area contributed by atoms with Crippen molar-refractivity contribution in [2.45, 2.75) is 39.0 Å². The number of nitrogens with zero attached hydrogens (tertiary/aromatic N) is 1. The fraction of sp³-hybridized carbons (Fsp3) is 0.500. The monoisotopic (exact) mass is 427 g/mol. The predicted octanol–water partition coefficient (Wildman–Crippen LogP) is 2.98. The van der Waals surface area contributed by atoms with Crippen molar-refractivity contribution in [3.63, 3.8) is 0 Å². The van der Waals surface area contributed by atoms with Crippen molar-refractivity contribution in [2.24, 2.45) is 0 Å². The molecule has 0 amide bonds. The van der Waals surface area contributed by atoms with E-state index < -0.39 is 15.9 Å². The van der Waals surface area contributed by atoms with Crippen LogP contribution in [0, 0.1) is 13.8 Å². The van der Waals surface area contributed by atoms with Gasteiger partial charge in [0, 0.05) is 17.6 Å². The molecule has 1 N–H and O–H groups in total. The molecule has 1 aromatic heterocycles. The Morgan fingerprint density at radius 1 is 1.32 bits per heavy atom. The number of furan rings is 1. The zero-order chi connectivity index (χ0) is 20.3. The van der Waals surface area contributed by atoms with Crippen molar-refractivity contribution in [2.75, 3.05) is 24.7 Å². The van der Waals surface area contributed by atoms with Gasteiger partial charge in [0.2, 0.25) is 0 Å². The minimum Gasteiger partial charge on any atom is -0.491 e. The van der Waals surface area contributed by atoms with Crippen LogP contribution in [0.15, 0.2) is 34.7 Å². The third kappa shape index (κ3) is 5.73. The van der Waals surface area contributed by atoms with Gasteiger partial charge < -0.3 is 14.3 Å². The molecule has 1 aromatic carbocycles. The highest BCUT2D eigenvalue weighted by Gasteiger charge is 2.33. The lowest BCUT2D eigenvalue weighted by atomic mass is 10.2. The maximum atomic E-state index is 11.9. The van der Waals surface area contributed by atoms with Crippen molar-refractivity contribution >= 4 is 21.4 Å². The highest BCUT2D eigenvalue weighted by molar-refractivity contribution is 7.91. The molecule has 2 unspecified atom stereocenters. The van der Waals surface area contributed by atoms with E-state index in [9.17, 15) is 13.5 Å². The minimum absolute atomic E-state index is 0.105. The Bertz CT molecular complexity index is 911. The van der Waals surface area contributed by atoms with E-state index in [0.29, 0.717) is 30.3 Å². The quantitative estimate of drug-likeness (QED) is 0.697. The first-order valence-corrected chi connectivity index (χ1v) is 11.5. The molecule has 154 valence electrons. The summed E-state index contributed by atoms with van der Waals surface area (Å²) in [6.45, 7) is 4.61. The Labute approximate surface area is 171 Å². The molecule has 1 aliphatic rings. The van der Waals surface area contributed by atoms with E-state index in [1.54, 1.807) is 12.1 Å². The average molecular weight is 428 g/mol. The normalized spacial score (nSPS) is 19.8. The first-order valence-electron chi connectivity index (χ1n) is 9.28. The molecule has 8 heteroatoms. The molecular formula is C20H26ClNO5S. The van der Waals surface area contributed by atoms with Gasteiger partial charge in [-0.1, -0.05) is 11.6 Å². The largest absolute Gasteiger partial charge is 0.491 e. The molecule has 2 heterocycles. The summed E-state index contributed by atoms with van der Waals surface area (Å²) >= 11 is 6.02. The van der Waals surface area contributed by atoms with Crippen LogP contribution in [0.5, 0.6) is 5.75 Å². The third-order valence-electron chi connectivity index (χ3n) is 4.90. The van der Waals surface area contributed by atoms with E-state index in [1.165, 1.54) is 0 Å². The Balaban J connectivity index is 1.63. The number of ether oxygens (including phenoxy) is 1. The van der Waals surface area contributed by atoms with Gasteiger partial charge in [-0.2, -0.15) is 0 Å². The van der Waals surface area contributed by atoms with Gasteiger partial charge in [-0.05, 0) is 56.2 Å². The first kappa shape index (κ1) is 21.2. The van der Waals surface area contributed by atoms with Crippen LogP contribution >= 0.6 is 11.6 Å². The van der Waals surface area contributed by atoms with Gasteiger partial charge >= 0.3 is 0 Å². The summed E-state index contributed by atoms with van der Waals surface area (Å²) in [5.74, 6) is 2.48. The van der Waals surface area contributed by atoms with Gasteiger partial charge in [-0.25, -0.2) is 8.42 Å². The summed E-state index contributed by atoms with van der Waals surface area (Å²) in [5, 5.41) is 11.2. The average Bonchev–Trinajstić information content (AvgIpc) is 3.20. The van der Waals surface area contributed by atoms with Crippen molar-refractivity contribution in [1.82, 2.24) is 4.90 Å². The molecule has 28 heavy (non-hydrogen) atoms. The summed E-state index contributed by atoms with van der Waals surface area (Å²) in [6, 6.07) is 8.96. The van der Waals surface area contributed by atoms with E-state index >= 15 is 0 Å². The second-order valence-electron chi connectivity index (χ2n) is 7.37. The number of aliphatic hydroxyl groups is 1. The van der Waals surface area contributed by atoms with Gasteiger partial charge in [0.05, 0.1) is 18.1 Å². The van der Waals surface area contributed by atoms with Gasteiger partial charge in [0.15, 0.2) is 9.84 Å². The van der Waals surface area contributed by atoms with Crippen molar-refractivity contribution in [3.05, 3.63) is 52.4 Å². The summed E-state index contributed by atoms with van der Waals surface area (Å²) < 4.78 is 35.1. The van der Waals surface area contributed by atoms with Crippen LogP contribution in [0.3, 0.4) is 0 Å². The molecule has 6 nitrogen and oxygen atoms in total. The van der Waals surface area contributed by atoms with Crippen molar-refractivity contribution < 1.29 is 22.7 Å². The number of halogens is 1. The number of sulfone groups is 1. The first-order chi connectivity index (χ1) is 13.2. The van der Waals surface area contributed by atoms with E-state index in [0.717, 1.165) is 17.1 Å². The third-order valence-corrected chi connectivity index (χ3v) is 7.07. The van der Waals surface area contributed by atoms with Crippen LogP contribution in [0.4, 0.5) is 0 Å². The fourth-order valence-electron chi connectivity index (χ4n) is 3.40. The molecule has 1 fully saturated rings. The van der Waals surface area contributed by atoms with E-state index in [4.69, 9.17) is 20.8 Å². The lowest BCUT2D eigenvalue weighted by Crippen LogP contribution is -2.42. The van der Waals surface area contributed by atoms with Crippen LogP contribution in [0.2, 0.25) is 5.02 Å². The molecular weight excluding hydrogens is 402 g/mol. The molecule has 0 bridgehead atoms. The van der Waals surface area contributed by atoms with Crippen LogP contribution in [-0.2, 0) is 16.4 Å². The maximum absolute atomic E-state index is 11.9. The predicted molar refractivity (Wildman–Crippen MR) is 109 cm³/mol. The Hall–Kier alpha value is -1.54. The summed E-state index contributed by atoms with van der Waals surface area (Å²) in [6.07, 6.45) is -0.207. The van der Waals surface area contributed by atoms with E-state index in [2.05, 4.69) is 0 Å². The number of hydrogen-bond acceptors (Lipinski definition) is 6.